The highest BCUT2D eigenvalue weighted by molar-refractivity contribution is 5.13. The van der Waals surface area contributed by atoms with Gasteiger partial charge in [-0.3, -0.25) is 0 Å². The normalized spacial score (nSPS) is 11.8. The third-order valence-electron chi connectivity index (χ3n) is 2.51. The van der Waals surface area contributed by atoms with Crippen molar-refractivity contribution in [2.75, 3.05) is 6.61 Å². The van der Waals surface area contributed by atoms with Crippen molar-refractivity contribution in [2.24, 2.45) is 0 Å². The maximum absolute atomic E-state index is 13.1. The number of unbranched alkanes of at least 4 members (excludes halogenated alkanes) is 1. The smallest absolute Gasteiger partial charge is 0.0960 e. The molecule has 1 rings (SSSR count). The van der Waals surface area contributed by atoms with Gasteiger partial charge in [0.15, 0.2) is 0 Å². The summed E-state index contributed by atoms with van der Waals surface area (Å²) in [5, 5.41) is 0. The fraction of sp³-hybridized carbons (Fsp3) is 0.467. The van der Waals surface area contributed by atoms with E-state index in [1.165, 1.54) is 0 Å². The number of benzene rings is 1. The van der Waals surface area contributed by atoms with Crippen LogP contribution in [0.4, 0.5) is 4.39 Å². The van der Waals surface area contributed by atoms with Crippen molar-refractivity contribution in [3.63, 3.8) is 0 Å². The first-order valence-corrected chi connectivity index (χ1v) is 6.29. The van der Waals surface area contributed by atoms with E-state index >= 15 is 0 Å². The van der Waals surface area contributed by atoms with E-state index in [0.717, 1.165) is 18.4 Å². The molecule has 1 nitrogen and oxygen atoms in total. The quantitative estimate of drug-likeness (QED) is 0.598. The minimum absolute atomic E-state index is 0.00448. The first-order valence-electron chi connectivity index (χ1n) is 6.29. The van der Waals surface area contributed by atoms with Gasteiger partial charge in [-0.05, 0) is 24.8 Å². The Hall–Kier alpha value is -1.15. The molecular formula is C15H21FO. The number of hydrogen-bond donors (Lipinski definition) is 0. The lowest BCUT2D eigenvalue weighted by Gasteiger charge is -2.02. The van der Waals surface area contributed by atoms with Crippen molar-refractivity contribution in [2.45, 2.75) is 39.2 Å². The second-order valence-electron chi connectivity index (χ2n) is 4.08. The van der Waals surface area contributed by atoms with E-state index < -0.39 is 0 Å². The van der Waals surface area contributed by atoms with Gasteiger partial charge in [0.1, 0.15) is 0 Å². The zero-order valence-corrected chi connectivity index (χ0v) is 10.5. The highest BCUT2D eigenvalue weighted by Crippen LogP contribution is 2.09. The summed E-state index contributed by atoms with van der Waals surface area (Å²) in [6.07, 6.45) is 4.82. The molecule has 94 valence electrons. The number of halogens is 1. The molecule has 2 heteroatoms. The molecule has 0 bridgehead atoms. The molecule has 0 aliphatic rings. The van der Waals surface area contributed by atoms with Crippen molar-refractivity contribution < 1.29 is 9.13 Å². The Balaban J connectivity index is 2.08. The van der Waals surface area contributed by atoms with Crippen molar-refractivity contribution in [3.8, 4) is 0 Å². The van der Waals surface area contributed by atoms with Crippen molar-refractivity contribution in [1.82, 2.24) is 0 Å². The van der Waals surface area contributed by atoms with Crippen molar-refractivity contribution >= 4 is 0 Å². The van der Waals surface area contributed by atoms with Crippen LogP contribution in [0.3, 0.4) is 0 Å². The molecule has 0 saturated heterocycles. The molecule has 0 fully saturated rings. The average Bonchev–Trinajstić information content (AvgIpc) is 2.37. The first kappa shape index (κ1) is 13.9. The van der Waals surface area contributed by atoms with Crippen LogP contribution in [0.2, 0.25) is 0 Å². The topological polar surface area (TPSA) is 9.23 Å². The lowest BCUT2D eigenvalue weighted by Crippen LogP contribution is -1.94. The number of hydrogen-bond acceptors (Lipinski definition) is 1. The van der Waals surface area contributed by atoms with Crippen LogP contribution in [0.1, 0.15) is 38.2 Å². The standard InChI is InChI=1S/C15H21FO/c1-2-3-10-15(16)11-7-12-17-13-14-8-5-4-6-9-14/h4-6,8-9,11H,2-3,7,10,12-13H2,1H3/b15-11-. The lowest BCUT2D eigenvalue weighted by atomic mass is 10.2. The van der Waals surface area contributed by atoms with E-state index in [0.29, 0.717) is 26.1 Å². The number of allylic oxidation sites excluding steroid dienone is 1. The summed E-state index contributed by atoms with van der Waals surface area (Å²) in [7, 11) is 0. The summed E-state index contributed by atoms with van der Waals surface area (Å²) in [6.45, 7) is 3.25. The van der Waals surface area contributed by atoms with Crippen LogP contribution < -0.4 is 0 Å². The molecule has 1 aromatic rings. The summed E-state index contributed by atoms with van der Waals surface area (Å²) >= 11 is 0. The van der Waals surface area contributed by atoms with Crippen molar-refractivity contribution in [1.29, 1.82) is 0 Å². The summed E-state index contributed by atoms with van der Waals surface area (Å²) in [5.74, 6) is -0.00448. The molecule has 0 saturated carbocycles. The maximum Gasteiger partial charge on any atom is 0.0960 e. The van der Waals surface area contributed by atoms with E-state index in [4.69, 9.17) is 4.74 Å². The van der Waals surface area contributed by atoms with E-state index in [-0.39, 0.29) is 5.83 Å². The second kappa shape index (κ2) is 8.94. The molecule has 0 atom stereocenters. The van der Waals surface area contributed by atoms with Crippen LogP contribution in [-0.2, 0) is 11.3 Å². The SMILES string of the molecule is CCCC/C(F)=C/CCOCc1ccccc1. The highest BCUT2D eigenvalue weighted by atomic mass is 19.1. The molecule has 0 aliphatic heterocycles. The molecule has 0 spiro atoms. The molecule has 1 aromatic carbocycles. The Morgan fingerprint density at radius 3 is 2.76 bits per heavy atom. The lowest BCUT2D eigenvalue weighted by molar-refractivity contribution is 0.125. The van der Waals surface area contributed by atoms with Crippen LogP contribution in [-0.4, -0.2) is 6.61 Å². The molecular weight excluding hydrogens is 215 g/mol. The van der Waals surface area contributed by atoms with Crippen LogP contribution in [0.15, 0.2) is 42.2 Å². The largest absolute Gasteiger partial charge is 0.376 e. The third-order valence-corrected chi connectivity index (χ3v) is 2.51. The average molecular weight is 236 g/mol. The van der Waals surface area contributed by atoms with Gasteiger partial charge >= 0.3 is 0 Å². The van der Waals surface area contributed by atoms with Crippen molar-refractivity contribution in [3.05, 3.63) is 47.8 Å². The summed E-state index contributed by atoms with van der Waals surface area (Å²) in [4.78, 5) is 0. The van der Waals surface area contributed by atoms with Gasteiger partial charge in [0.05, 0.1) is 19.0 Å². The van der Waals surface area contributed by atoms with E-state index in [9.17, 15) is 4.39 Å². The van der Waals surface area contributed by atoms with Crippen LogP contribution in [0.25, 0.3) is 0 Å². The number of rotatable bonds is 8. The molecule has 17 heavy (non-hydrogen) atoms. The van der Waals surface area contributed by atoms with Crippen LogP contribution in [0, 0.1) is 0 Å². The van der Waals surface area contributed by atoms with E-state index in [1.807, 2.05) is 30.3 Å². The maximum atomic E-state index is 13.1. The summed E-state index contributed by atoms with van der Waals surface area (Å²) < 4.78 is 18.6. The zero-order chi connectivity index (χ0) is 12.3. The zero-order valence-electron chi connectivity index (χ0n) is 10.5. The monoisotopic (exact) mass is 236 g/mol. The van der Waals surface area contributed by atoms with Gasteiger partial charge in [-0.15, -0.1) is 0 Å². The number of ether oxygens (including phenoxy) is 1. The molecule has 0 aromatic heterocycles. The predicted molar refractivity (Wildman–Crippen MR) is 69.4 cm³/mol. The molecule has 0 radical (unpaired) electrons. The fourth-order valence-electron chi connectivity index (χ4n) is 1.51. The Labute approximate surface area is 103 Å². The Kier molecular flexibility index (Phi) is 7.32. The Morgan fingerprint density at radius 1 is 1.29 bits per heavy atom. The minimum Gasteiger partial charge on any atom is -0.376 e. The Morgan fingerprint density at radius 2 is 2.06 bits per heavy atom. The van der Waals surface area contributed by atoms with Gasteiger partial charge in [0.25, 0.3) is 0 Å². The van der Waals surface area contributed by atoms with Crippen LogP contribution in [0.5, 0.6) is 0 Å². The summed E-state index contributed by atoms with van der Waals surface area (Å²) in [5.41, 5.74) is 1.16. The fourth-order valence-corrected chi connectivity index (χ4v) is 1.51. The summed E-state index contributed by atoms with van der Waals surface area (Å²) in [6, 6.07) is 10.0. The van der Waals surface area contributed by atoms with Gasteiger partial charge < -0.3 is 4.74 Å². The molecule has 0 heterocycles. The Bertz CT molecular complexity index is 319. The van der Waals surface area contributed by atoms with Crippen LogP contribution >= 0.6 is 0 Å². The minimum atomic E-state index is -0.00448. The first-order chi connectivity index (χ1) is 8.33. The molecule has 0 unspecified atom stereocenters. The molecule has 0 aliphatic carbocycles. The highest BCUT2D eigenvalue weighted by Gasteiger charge is 1.94. The second-order valence-corrected chi connectivity index (χ2v) is 4.08. The third kappa shape index (κ3) is 6.90. The van der Waals surface area contributed by atoms with Gasteiger partial charge in [-0.25, -0.2) is 4.39 Å². The van der Waals surface area contributed by atoms with Gasteiger partial charge in [-0.1, -0.05) is 49.8 Å². The van der Waals surface area contributed by atoms with Gasteiger partial charge in [0.2, 0.25) is 0 Å². The van der Waals surface area contributed by atoms with E-state index in [2.05, 4.69) is 6.92 Å². The molecule has 0 N–H and O–H groups in total. The molecule has 0 amide bonds. The predicted octanol–water partition coefficient (Wildman–Crippen LogP) is 4.64. The van der Waals surface area contributed by atoms with Gasteiger partial charge in [-0.2, -0.15) is 0 Å². The van der Waals surface area contributed by atoms with E-state index in [1.54, 1.807) is 6.08 Å². The van der Waals surface area contributed by atoms with Gasteiger partial charge in [0, 0.05) is 0 Å².